The van der Waals surface area contributed by atoms with Crippen LogP contribution in [-0.4, -0.2) is 24.7 Å². The predicted octanol–water partition coefficient (Wildman–Crippen LogP) is 3.79. The Morgan fingerprint density at radius 1 is 1.12 bits per heavy atom. The van der Waals surface area contributed by atoms with E-state index in [4.69, 9.17) is 9.05 Å². The third kappa shape index (κ3) is 6.35. The van der Waals surface area contributed by atoms with Crippen LogP contribution in [0, 0.1) is 0 Å². The van der Waals surface area contributed by atoms with Gasteiger partial charge in [0.1, 0.15) is 11.4 Å². The van der Waals surface area contributed by atoms with Crippen molar-refractivity contribution >= 4 is 13.4 Å². The highest BCUT2D eigenvalue weighted by Gasteiger charge is 2.35. The minimum absolute atomic E-state index is 0.152. The Hall–Kier alpha value is -0.180. The lowest BCUT2D eigenvalue weighted by Gasteiger charge is -2.22. The molecule has 0 amide bonds. The number of carbonyl (C=O) groups is 1. The topological polar surface area (TPSA) is 52.6 Å². The van der Waals surface area contributed by atoms with Gasteiger partial charge >= 0.3 is 7.60 Å². The minimum Gasteiger partial charge on any atom is -0.308 e. The fourth-order valence-electron chi connectivity index (χ4n) is 1.16. The van der Waals surface area contributed by atoms with Gasteiger partial charge in [-0.1, -0.05) is 26.7 Å². The maximum atomic E-state index is 12.4. The largest absolute Gasteiger partial charge is 0.340 e. The van der Waals surface area contributed by atoms with Gasteiger partial charge in [0.25, 0.3) is 0 Å². The smallest absolute Gasteiger partial charge is 0.308 e. The Morgan fingerprint density at radius 3 is 1.82 bits per heavy atom. The fraction of sp³-hybridized carbons (Fsp3) is 0.917. The van der Waals surface area contributed by atoms with Gasteiger partial charge in [-0.15, -0.1) is 0 Å². The highest BCUT2D eigenvalue weighted by Crippen LogP contribution is 2.53. The van der Waals surface area contributed by atoms with Crippen molar-refractivity contribution in [1.82, 2.24) is 0 Å². The summed E-state index contributed by atoms with van der Waals surface area (Å²) in [6, 6.07) is 0. The van der Waals surface area contributed by atoms with Crippen molar-refractivity contribution in [2.75, 3.05) is 13.2 Å². The molecule has 0 aliphatic carbocycles. The van der Waals surface area contributed by atoms with Crippen LogP contribution in [0.5, 0.6) is 0 Å². The van der Waals surface area contributed by atoms with Crippen molar-refractivity contribution in [2.45, 2.75) is 59.0 Å². The summed E-state index contributed by atoms with van der Waals surface area (Å²) in [7, 11) is -3.28. The summed E-state index contributed by atoms with van der Waals surface area (Å²) in [6.45, 7) is 7.86. The standard InChI is InChI=1S/C12H25O4P/c1-5-7-9-15-17(14,12(4)11(3)13)16-10-8-6-2/h12H,5-10H2,1-4H3. The molecule has 0 saturated heterocycles. The monoisotopic (exact) mass is 264 g/mol. The second kappa shape index (κ2) is 8.84. The Kier molecular flexibility index (Phi) is 8.75. The van der Waals surface area contributed by atoms with Gasteiger partial charge in [-0.25, -0.2) is 0 Å². The number of carbonyl (C=O) groups excluding carboxylic acids is 1. The van der Waals surface area contributed by atoms with Gasteiger partial charge in [0.05, 0.1) is 13.2 Å². The lowest BCUT2D eigenvalue weighted by atomic mass is 10.3. The highest BCUT2D eigenvalue weighted by molar-refractivity contribution is 7.55. The van der Waals surface area contributed by atoms with Gasteiger partial charge in [0.2, 0.25) is 0 Å². The molecule has 0 aromatic heterocycles. The summed E-state index contributed by atoms with van der Waals surface area (Å²) in [5.74, 6) is -0.152. The van der Waals surface area contributed by atoms with Crippen LogP contribution in [-0.2, 0) is 18.4 Å². The van der Waals surface area contributed by atoms with Crippen LogP contribution in [0.15, 0.2) is 0 Å². The average Bonchev–Trinajstić information content (AvgIpc) is 2.28. The quantitative estimate of drug-likeness (QED) is 0.445. The Morgan fingerprint density at radius 2 is 1.53 bits per heavy atom. The molecule has 0 radical (unpaired) electrons. The zero-order chi connectivity index (χ0) is 13.3. The molecular formula is C12H25O4P. The summed E-state index contributed by atoms with van der Waals surface area (Å²) in [5.41, 5.74) is -0.670. The highest BCUT2D eigenvalue weighted by atomic mass is 31.2. The first-order valence-corrected chi connectivity index (χ1v) is 7.98. The van der Waals surface area contributed by atoms with Gasteiger partial charge in [-0.2, -0.15) is 0 Å². The maximum absolute atomic E-state index is 12.4. The van der Waals surface area contributed by atoms with Gasteiger partial charge in [-0.3, -0.25) is 9.36 Å². The molecule has 4 nitrogen and oxygen atoms in total. The third-order valence-corrected chi connectivity index (χ3v) is 5.00. The van der Waals surface area contributed by atoms with Gasteiger partial charge in [0, 0.05) is 0 Å². The van der Waals surface area contributed by atoms with E-state index in [1.165, 1.54) is 6.92 Å². The molecule has 102 valence electrons. The van der Waals surface area contributed by atoms with Crippen LogP contribution in [0.25, 0.3) is 0 Å². The average molecular weight is 264 g/mol. The third-order valence-electron chi connectivity index (χ3n) is 2.60. The molecule has 0 bridgehead atoms. The summed E-state index contributed by atoms with van der Waals surface area (Å²) < 4.78 is 23.1. The fourth-order valence-corrected chi connectivity index (χ4v) is 2.89. The first-order chi connectivity index (χ1) is 7.98. The molecule has 0 fully saturated rings. The molecule has 1 unspecified atom stereocenters. The summed E-state index contributed by atoms with van der Waals surface area (Å²) in [5, 5.41) is 0. The molecule has 0 aromatic rings. The van der Waals surface area contributed by atoms with Crippen molar-refractivity contribution in [1.29, 1.82) is 0 Å². The summed E-state index contributed by atoms with van der Waals surface area (Å²) >= 11 is 0. The van der Waals surface area contributed by atoms with E-state index in [0.29, 0.717) is 13.2 Å². The number of rotatable bonds is 10. The molecule has 0 aliphatic heterocycles. The van der Waals surface area contributed by atoms with Crippen molar-refractivity contribution in [3.63, 3.8) is 0 Å². The van der Waals surface area contributed by atoms with Gasteiger partial charge in [-0.05, 0) is 26.7 Å². The van der Waals surface area contributed by atoms with Crippen LogP contribution < -0.4 is 0 Å². The van der Waals surface area contributed by atoms with Crippen LogP contribution in [0.1, 0.15) is 53.4 Å². The molecule has 0 spiro atoms. The normalized spacial score (nSPS) is 13.6. The first kappa shape index (κ1) is 16.8. The van der Waals surface area contributed by atoms with E-state index in [-0.39, 0.29) is 5.78 Å². The molecule has 0 aliphatic rings. The number of hydrogen-bond acceptors (Lipinski definition) is 4. The van der Waals surface area contributed by atoms with E-state index in [2.05, 4.69) is 0 Å². The number of ketones is 1. The Labute approximate surface area is 105 Å². The SMILES string of the molecule is CCCCOP(=O)(OCCCC)C(C)C(C)=O. The van der Waals surface area contributed by atoms with E-state index >= 15 is 0 Å². The first-order valence-electron chi connectivity index (χ1n) is 6.37. The maximum Gasteiger partial charge on any atom is 0.340 e. The second-order valence-electron chi connectivity index (χ2n) is 4.20. The van der Waals surface area contributed by atoms with E-state index in [0.717, 1.165) is 25.7 Å². The number of hydrogen-bond donors (Lipinski definition) is 0. The Bertz CT molecular complexity index is 251. The Balaban J connectivity index is 4.45. The van der Waals surface area contributed by atoms with Gasteiger partial charge in [0.15, 0.2) is 0 Å². The van der Waals surface area contributed by atoms with Gasteiger partial charge < -0.3 is 9.05 Å². The van der Waals surface area contributed by atoms with Crippen LogP contribution in [0.3, 0.4) is 0 Å². The number of Topliss-reactive ketones (excluding diaryl/α,β-unsaturated/α-hetero) is 1. The molecule has 0 aromatic carbocycles. The lowest BCUT2D eigenvalue weighted by molar-refractivity contribution is -0.116. The second-order valence-corrected chi connectivity index (χ2v) is 6.57. The molecule has 0 rings (SSSR count). The molecule has 0 heterocycles. The van der Waals surface area contributed by atoms with E-state index < -0.39 is 13.3 Å². The zero-order valence-corrected chi connectivity index (χ0v) is 12.3. The molecule has 5 heteroatoms. The summed E-state index contributed by atoms with van der Waals surface area (Å²) in [4.78, 5) is 11.3. The molecular weight excluding hydrogens is 239 g/mol. The minimum atomic E-state index is -3.28. The van der Waals surface area contributed by atoms with Crippen LogP contribution >= 0.6 is 7.60 Å². The van der Waals surface area contributed by atoms with E-state index in [9.17, 15) is 9.36 Å². The molecule has 17 heavy (non-hydrogen) atoms. The molecule has 0 N–H and O–H groups in total. The van der Waals surface area contributed by atoms with Crippen molar-refractivity contribution < 1.29 is 18.4 Å². The summed E-state index contributed by atoms with van der Waals surface area (Å²) in [6.07, 6.45) is 3.57. The van der Waals surface area contributed by atoms with E-state index in [1.807, 2.05) is 13.8 Å². The van der Waals surface area contributed by atoms with Crippen molar-refractivity contribution in [2.24, 2.45) is 0 Å². The molecule has 1 atom stereocenters. The van der Waals surface area contributed by atoms with Crippen LogP contribution in [0.2, 0.25) is 0 Å². The number of unbranched alkanes of at least 4 members (excludes halogenated alkanes) is 2. The molecule has 0 saturated carbocycles. The van der Waals surface area contributed by atoms with Crippen molar-refractivity contribution in [3.05, 3.63) is 0 Å². The predicted molar refractivity (Wildman–Crippen MR) is 69.5 cm³/mol. The van der Waals surface area contributed by atoms with E-state index in [1.54, 1.807) is 6.92 Å². The zero-order valence-electron chi connectivity index (χ0n) is 11.4. The lowest BCUT2D eigenvalue weighted by Crippen LogP contribution is -2.18. The van der Waals surface area contributed by atoms with Crippen molar-refractivity contribution in [3.8, 4) is 0 Å². The van der Waals surface area contributed by atoms with Crippen LogP contribution in [0.4, 0.5) is 0 Å².